The number of aliphatic hydroxyl groups is 1. The Morgan fingerprint density at radius 1 is 1.00 bits per heavy atom. The lowest BCUT2D eigenvalue weighted by atomic mass is 10.2. The smallest absolute Gasteiger partial charge is 0.224 e. The summed E-state index contributed by atoms with van der Waals surface area (Å²) >= 11 is -0.337. The second kappa shape index (κ2) is 5.76. The Bertz CT molecular complexity index is 545. The van der Waals surface area contributed by atoms with Crippen molar-refractivity contribution in [2.24, 2.45) is 0 Å². The van der Waals surface area contributed by atoms with Crippen LogP contribution in [0.5, 0.6) is 0 Å². The summed E-state index contributed by atoms with van der Waals surface area (Å²) in [5.41, 5.74) is 2.20. The third-order valence-electron chi connectivity index (χ3n) is 2.85. The highest BCUT2D eigenvalue weighted by Gasteiger charge is 2.38. The van der Waals surface area contributed by atoms with Gasteiger partial charge in [0.15, 0.2) is 0 Å². The number of fused-ring (bicyclic) bond motifs is 1. The molecule has 1 N–H and O–H groups in total. The second-order valence-corrected chi connectivity index (χ2v) is 5.56. The Labute approximate surface area is 116 Å². The fourth-order valence-electron chi connectivity index (χ4n) is 1.99. The summed E-state index contributed by atoms with van der Waals surface area (Å²) in [6.45, 7) is 0.726. The molecule has 0 saturated heterocycles. The molecule has 2 aromatic rings. The molecule has 3 rings (SSSR count). The van der Waals surface area contributed by atoms with Crippen LogP contribution in [0.15, 0.2) is 58.3 Å². The van der Waals surface area contributed by atoms with E-state index in [-0.39, 0.29) is 30.2 Å². The van der Waals surface area contributed by atoms with Crippen molar-refractivity contribution < 1.29 is 21.7 Å². The minimum Gasteiger partial charge on any atom is -1.00 e. The van der Waals surface area contributed by atoms with Crippen molar-refractivity contribution in [3.8, 4) is 0 Å². The zero-order valence-electron chi connectivity index (χ0n) is 9.67. The molecule has 0 bridgehead atoms. The highest BCUT2D eigenvalue weighted by atomic mass is 35.5. The van der Waals surface area contributed by atoms with Gasteiger partial charge in [-0.3, -0.25) is 0 Å². The summed E-state index contributed by atoms with van der Waals surface area (Å²) in [7, 11) is 0. The van der Waals surface area contributed by atoms with E-state index in [1.54, 1.807) is 0 Å². The summed E-state index contributed by atoms with van der Waals surface area (Å²) in [5, 5.41) is 9.38. The zero-order chi connectivity index (χ0) is 11.7. The van der Waals surface area contributed by atoms with Crippen LogP contribution in [0, 0.1) is 0 Å². The van der Waals surface area contributed by atoms with Crippen molar-refractivity contribution in [1.29, 1.82) is 0 Å². The van der Waals surface area contributed by atoms with Crippen LogP contribution < -0.4 is 12.4 Å². The Morgan fingerprint density at radius 2 is 1.67 bits per heavy atom. The first-order valence-corrected chi connectivity index (χ1v) is 6.69. The molecule has 1 heterocycles. The molecule has 1 aliphatic heterocycles. The number of hydrogen-bond donors (Lipinski definition) is 1. The van der Waals surface area contributed by atoms with Gasteiger partial charge in [0.25, 0.3) is 0 Å². The van der Waals surface area contributed by atoms with Gasteiger partial charge in [-0.05, 0) is 12.1 Å². The first kappa shape index (κ1) is 13.4. The van der Waals surface area contributed by atoms with Crippen LogP contribution in [0.4, 0.5) is 0 Å². The standard InChI is InChI=1S/C14H13O2S.ClH/c15-9-11-5-1-3-7-13(11)17-14-8-4-2-6-12(14)10-16-17;/h1-8,15H,9-10H2;1H/q+1;/p-1. The van der Waals surface area contributed by atoms with Crippen molar-refractivity contribution in [1.82, 2.24) is 0 Å². The molecule has 18 heavy (non-hydrogen) atoms. The zero-order valence-corrected chi connectivity index (χ0v) is 11.2. The minimum absolute atomic E-state index is 0. The van der Waals surface area contributed by atoms with Gasteiger partial charge in [0.2, 0.25) is 21.0 Å². The topological polar surface area (TPSA) is 29.5 Å². The van der Waals surface area contributed by atoms with Crippen molar-refractivity contribution in [2.75, 3.05) is 0 Å². The lowest BCUT2D eigenvalue weighted by Crippen LogP contribution is -3.00. The van der Waals surface area contributed by atoms with Crippen LogP contribution in [0.25, 0.3) is 0 Å². The predicted octanol–water partition coefficient (Wildman–Crippen LogP) is -0.336. The fourth-order valence-corrected chi connectivity index (χ4v) is 3.86. The molecule has 4 heteroatoms. The maximum absolute atomic E-state index is 9.38. The van der Waals surface area contributed by atoms with Gasteiger partial charge in [-0.1, -0.05) is 36.4 Å². The molecule has 0 saturated carbocycles. The molecule has 0 aliphatic carbocycles. The predicted molar refractivity (Wildman–Crippen MR) is 67.5 cm³/mol. The van der Waals surface area contributed by atoms with E-state index in [1.165, 1.54) is 10.5 Å². The highest BCUT2D eigenvalue weighted by molar-refractivity contribution is 7.92. The summed E-state index contributed by atoms with van der Waals surface area (Å²) in [5.74, 6) is 0. The third kappa shape index (κ3) is 2.27. The normalized spacial score (nSPS) is 17.1. The van der Waals surface area contributed by atoms with Crippen molar-refractivity contribution in [3.05, 3.63) is 59.7 Å². The van der Waals surface area contributed by atoms with Crippen molar-refractivity contribution in [2.45, 2.75) is 23.0 Å². The van der Waals surface area contributed by atoms with Gasteiger partial charge in [0, 0.05) is 11.1 Å². The Hall–Kier alpha value is -1.00. The molecular formula is C14H13ClO2S. The van der Waals surface area contributed by atoms with Gasteiger partial charge in [-0.2, -0.15) is 4.18 Å². The molecule has 2 nitrogen and oxygen atoms in total. The minimum atomic E-state index is -0.337. The van der Waals surface area contributed by atoms with E-state index in [1.807, 2.05) is 36.4 Å². The van der Waals surface area contributed by atoms with E-state index in [9.17, 15) is 5.11 Å². The van der Waals surface area contributed by atoms with E-state index in [4.69, 9.17) is 4.18 Å². The SMILES string of the molecule is OCc1ccccc1[S+]1OCc2ccccc21.[Cl-]. The van der Waals surface area contributed by atoms with Gasteiger partial charge in [0.1, 0.15) is 6.61 Å². The Balaban J connectivity index is 0.00000120. The van der Waals surface area contributed by atoms with Crippen LogP contribution in [0.1, 0.15) is 11.1 Å². The van der Waals surface area contributed by atoms with Gasteiger partial charge in [-0.15, -0.1) is 0 Å². The average molecular weight is 281 g/mol. The maximum Gasteiger partial charge on any atom is 0.224 e. The molecule has 1 atom stereocenters. The summed E-state index contributed by atoms with van der Waals surface area (Å²) in [6.07, 6.45) is 0. The molecule has 2 aromatic carbocycles. The van der Waals surface area contributed by atoms with Crippen LogP contribution >= 0.6 is 0 Å². The molecule has 1 aliphatic rings. The fraction of sp³-hybridized carbons (Fsp3) is 0.143. The molecule has 0 amide bonds. The van der Waals surface area contributed by atoms with E-state index >= 15 is 0 Å². The summed E-state index contributed by atoms with van der Waals surface area (Å²) in [6, 6.07) is 16.2. The van der Waals surface area contributed by atoms with Crippen LogP contribution in [0.3, 0.4) is 0 Å². The monoisotopic (exact) mass is 280 g/mol. The number of rotatable bonds is 2. The van der Waals surface area contributed by atoms with Gasteiger partial charge >= 0.3 is 0 Å². The van der Waals surface area contributed by atoms with Crippen molar-refractivity contribution >= 4 is 11.2 Å². The largest absolute Gasteiger partial charge is 1.00 e. The summed E-state index contributed by atoms with van der Waals surface area (Å²) < 4.78 is 5.87. The van der Waals surface area contributed by atoms with E-state index in [0.29, 0.717) is 6.61 Å². The molecule has 0 spiro atoms. The number of aliphatic hydroxyl groups excluding tert-OH is 1. The van der Waals surface area contributed by atoms with Crippen LogP contribution in [0.2, 0.25) is 0 Å². The van der Waals surface area contributed by atoms with Crippen molar-refractivity contribution in [3.63, 3.8) is 0 Å². The average Bonchev–Trinajstić information content (AvgIpc) is 2.82. The molecule has 0 aromatic heterocycles. The van der Waals surface area contributed by atoms with Crippen LogP contribution in [-0.2, 0) is 28.6 Å². The molecule has 94 valence electrons. The molecule has 0 fully saturated rings. The lowest BCUT2D eigenvalue weighted by Gasteiger charge is -2.03. The first-order valence-electron chi connectivity index (χ1n) is 5.54. The molecule has 0 radical (unpaired) electrons. The third-order valence-corrected chi connectivity index (χ3v) is 4.80. The number of halogens is 1. The molecule has 1 unspecified atom stereocenters. The van der Waals surface area contributed by atoms with E-state index < -0.39 is 0 Å². The quantitative estimate of drug-likeness (QED) is 0.763. The Kier molecular flexibility index (Phi) is 4.30. The Morgan fingerprint density at radius 3 is 2.44 bits per heavy atom. The van der Waals surface area contributed by atoms with E-state index in [2.05, 4.69) is 12.1 Å². The molecular weight excluding hydrogens is 268 g/mol. The van der Waals surface area contributed by atoms with Gasteiger partial charge in [0.05, 0.1) is 6.61 Å². The van der Waals surface area contributed by atoms with Gasteiger partial charge < -0.3 is 17.5 Å². The van der Waals surface area contributed by atoms with Crippen LogP contribution in [-0.4, -0.2) is 5.11 Å². The number of benzene rings is 2. The maximum atomic E-state index is 9.38. The lowest BCUT2D eigenvalue weighted by molar-refractivity contribution is -0.00000480. The van der Waals surface area contributed by atoms with Gasteiger partial charge in [-0.25, -0.2) is 0 Å². The summed E-state index contributed by atoms with van der Waals surface area (Å²) in [4.78, 5) is 2.34. The number of hydrogen-bond acceptors (Lipinski definition) is 2. The second-order valence-electron chi connectivity index (χ2n) is 3.90. The first-order chi connectivity index (χ1) is 8.40. The highest BCUT2D eigenvalue weighted by Crippen LogP contribution is 2.35. The van der Waals surface area contributed by atoms with E-state index in [0.717, 1.165) is 10.5 Å².